The van der Waals surface area contributed by atoms with Crippen LogP contribution in [0.1, 0.15) is 56.6 Å². The van der Waals surface area contributed by atoms with Gasteiger partial charge in [-0.2, -0.15) is 0 Å². The van der Waals surface area contributed by atoms with Crippen molar-refractivity contribution in [3.63, 3.8) is 0 Å². The Balaban J connectivity index is 0.00000242. The number of phosphoric acid groups is 1. The zero-order chi connectivity index (χ0) is 15.6. The minimum absolute atomic E-state index is 0. The fourth-order valence-electron chi connectivity index (χ4n) is 2.55. The Morgan fingerprint density at radius 1 is 1.17 bits per heavy atom. The molecule has 0 aromatic heterocycles. The van der Waals surface area contributed by atoms with Crippen LogP contribution in [0.5, 0.6) is 5.75 Å². The topological polar surface area (TPSA) is 81.7 Å². The quantitative estimate of drug-likeness (QED) is 0.274. The predicted octanol–water partition coefficient (Wildman–Crippen LogP) is -3.49. The molecule has 0 aliphatic heterocycles. The average Bonchev–Trinajstić information content (AvgIpc) is 3.20. The second-order valence-corrected chi connectivity index (χ2v) is 7.04. The minimum atomic E-state index is -5.01. The molecular formula is C15H21K2O5P. The summed E-state index contributed by atoms with van der Waals surface area (Å²) in [5, 5.41) is 0. The van der Waals surface area contributed by atoms with Gasteiger partial charge in [-0.15, -0.1) is 0 Å². The van der Waals surface area contributed by atoms with E-state index in [0.29, 0.717) is 17.6 Å². The summed E-state index contributed by atoms with van der Waals surface area (Å²) in [7, 11) is -5.01. The third-order valence-corrected chi connectivity index (χ3v) is 4.35. The van der Waals surface area contributed by atoms with Crippen LogP contribution in [0.3, 0.4) is 0 Å². The van der Waals surface area contributed by atoms with Crippen LogP contribution in [0, 0.1) is 5.92 Å². The van der Waals surface area contributed by atoms with Crippen LogP contribution in [0.4, 0.5) is 0 Å². The first-order chi connectivity index (χ1) is 9.79. The summed E-state index contributed by atoms with van der Waals surface area (Å²) in [5.41, 5.74) is 2.05. The summed E-state index contributed by atoms with van der Waals surface area (Å²) < 4.78 is 20.3. The minimum Gasteiger partial charge on any atom is -0.790 e. The first-order valence-electron chi connectivity index (χ1n) is 7.22. The number of phosphoric ester groups is 1. The molecule has 5 nitrogen and oxygen atoms in total. The van der Waals surface area contributed by atoms with Crippen LogP contribution in [0.2, 0.25) is 0 Å². The Labute approximate surface area is 223 Å². The van der Waals surface area contributed by atoms with Crippen molar-refractivity contribution in [2.24, 2.45) is 5.92 Å². The van der Waals surface area contributed by atoms with E-state index in [9.17, 15) is 14.4 Å². The van der Waals surface area contributed by atoms with Crippen molar-refractivity contribution in [1.29, 1.82) is 0 Å². The molecule has 1 aromatic carbocycles. The maximum absolute atomic E-state index is 10.5. The van der Waals surface area contributed by atoms with Crippen molar-refractivity contribution in [2.45, 2.75) is 45.4 Å². The number of benzene rings is 1. The molecule has 0 spiro atoms. The molecule has 8 heteroatoms. The first-order valence-corrected chi connectivity index (χ1v) is 8.68. The molecule has 2 rings (SSSR count). The van der Waals surface area contributed by atoms with Gasteiger partial charge < -0.3 is 23.6 Å². The second-order valence-electron chi connectivity index (χ2n) is 5.88. The second kappa shape index (κ2) is 11.3. The largest absolute Gasteiger partial charge is 1.00 e. The van der Waals surface area contributed by atoms with Crippen LogP contribution in [-0.2, 0) is 9.09 Å². The van der Waals surface area contributed by atoms with Crippen LogP contribution in [0.25, 0.3) is 0 Å². The van der Waals surface area contributed by atoms with E-state index in [-0.39, 0.29) is 109 Å². The van der Waals surface area contributed by atoms with Crippen molar-refractivity contribution in [1.82, 2.24) is 0 Å². The van der Waals surface area contributed by atoms with Crippen LogP contribution >= 0.6 is 7.82 Å². The van der Waals surface area contributed by atoms with E-state index in [2.05, 4.69) is 11.4 Å². The normalized spacial score (nSPS) is 15.6. The third kappa shape index (κ3) is 8.30. The SMILES string of the molecule is CC(C)c1cccc([C@H](C)C2CC2)c1OCOP(=O)([O-])[O-].[K+].[K+]. The van der Waals surface area contributed by atoms with E-state index in [1.807, 2.05) is 32.0 Å². The molecule has 0 amide bonds. The Morgan fingerprint density at radius 2 is 1.74 bits per heavy atom. The molecule has 1 aliphatic rings. The number of hydrogen-bond acceptors (Lipinski definition) is 5. The smallest absolute Gasteiger partial charge is 0.790 e. The van der Waals surface area contributed by atoms with Crippen molar-refractivity contribution < 1.29 is 126 Å². The zero-order valence-electron chi connectivity index (χ0n) is 14.6. The molecule has 1 aliphatic carbocycles. The van der Waals surface area contributed by atoms with Gasteiger partial charge in [0.15, 0.2) is 6.79 Å². The van der Waals surface area contributed by atoms with E-state index in [4.69, 9.17) is 4.74 Å². The molecular weight excluding hydrogens is 369 g/mol. The molecule has 0 unspecified atom stereocenters. The van der Waals surface area contributed by atoms with Gasteiger partial charge >= 0.3 is 103 Å². The maximum atomic E-state index is 10.5. The van der Waals surface area contributed by atoms with Crippen LogP contribution in [0.15, 0.2) is 18.2 Å². The van der Waals surface area contributed by atoms with Crippen molar-refractivity contribution >= 4 is 7.82 Å². The summed E-state index contributed by atoms with van der Waals surface area (Å²) in [5.74, 6) is 1.89. The van der Waals surface area contributed by atoms with E-state index in [0.717, 1.165) is 11.1 Å². The molecule has 1 atom stereocenters. The standard InChI is InChI=1S/C15H23O5P.2K/c1-10(2)13-5-4-6-14(11(3)12-7-8-12)15(13)19-9-20-21(16,17)18;;/h4-6,10-12H,7-9H2,1-3H3,(H2,16,17,18);;/q;2*+1/p-2/t11-;;/m1../s1. The van der Waals surface area contributed by atoms with Gasteiger partial charge in [-0.05, 0) is 41.7 Å². The van der Waals surface area contributed by atoms with Gasteiger partial charge in [-0.3, -0.25) is 0 Å². The molecule has 0 radical (unpaired) electrons. The first kappa shape index (κ1) is 25.4. The summed E-state index contributed by atoms with van der Waals surface area (Å²) in [4.78, 5) is 21.1. The average molecular weight is 390 g/mol. The van der Waals surface area contributed by atoms with Gasteiger partial charge in [0.25, 0.3) is 0 Å². The molecule has 23 heavy (non-hydrogen) atoms. The van der Waals surface area contributed by atoms with Crippen molar-refractivity contribution in [2.75, 3.05) is 6.79 Å². The van der Waals surface area contributed by atoms with Gasteiger partial charge in [-0.1, -0.05) is 39.0 Å². The maximum Gasteiger partial charge on any atom is 1.00 e. The zero-order valence-corrected chi connectivity index (χ0v) is 21.7. The summed E-state index contributed by atoms with van der Waals surface area (Å²) in [6.45, 7) is 5.66. The van der Waals surface area contributed by atoms with E-state index < -0.39 is 14.6 Å². The molecule has 0 heterocycles. The van der Waals surface area contributed by atoms with E-state index >= 15 is 0 Å². The van der Waals surface area contributed by atoms with Crippen LogP contribution in [-0.4, -0.2) is 6.79 Å². The molecule has 0 bridgehead atoms. The molecule has 0 N–H and O–H groups in total. The van der Waals surface area contributed by atoms with Crippen molar-refractivity contribution in [3.05, 3.63) is 29.3 Å². The monoisotopic (exact) mass is 390 g/mol. The number of ether oxygens (including phenoxy) is 1. The Hall–Kier alpha value is 2.40. The van der Waals surface area contributed by atoms with Crippen molar-refractivity contribution in [3.8, 4) is 5.75 Å². The number of para-hydroxylation sites is 1. The Morgan fingerprint density at radius 3 is 2.22 bits per heavy atom. The summed E-state index contributed by atoms with van der Waals surface area (Å²) >= 11 is 0. The van der Waals surface area contributed by atoms with E-state index in [1.54, 1.807) is 0 Å². The molecule has 1 aromatic rings. The Bertz CT molecular complexity index is 543. The molecule has 1 fully saturated rings. The fourth-order valence-corrected chi connectivity index (χ4v) is 2.74. The number of rotatable bonds is 7. The molecule has 0 saturated heterocycles. The van der Waals surface area contributed by atoms with E-state index in [1.165, 1.54) is 12.8 Å². The third-order valence-electron chi connectivity index (χ3n) is 3.93. The van der Waals surface area contributed by atoms with Gasteiger partial charge in [-0.25, -0.2) is 0 Å². The van der Waals surface area contributed by atoms with Gasteiger partial charge in [0.05, 0.1) is 7.82 Å². The summed E-state index contributed by atoms with van der Waals surface area (Å²) in [6, 6.07) is 5.94. The van der Waals surface area contributed by atoms with Gasteiger partial charge in [0, 0.05) is 0 Å². The van der Waals surface area contributed by atoms with Crippen LogP contribution < -0.4 is 117 Å². The molecule has 1 saturated carbocycles. The van der Waals surface area contributed by atoms with Gasteiger partial charge in [0.1, 0.15) is 5.75 Å². The fraction of sp³-hybridized carbons (Fsp3) is 0.600. The summed E-state index contributed by atoms with van der Waals surface area (Å²) in [6.07, 6.45) is 2.42. The van der Waals surface area contributed by atoms with Gasteiger partial charge in [0.2, 0.25) is 0 Å². The Kier molecular flexibility index (Phi) is 12.5. The molecule has 118 valence electrons. The number of hydrogen-bond donors (Lipinski definition) is 0. The predicted molar refractivity (Wildman–Crippen MR) is 75.9 cm³/mol.